The minimum atomic E-state index is -4.39. The van der Waals surface area contributed by atoms with Crippen LogP contribution in [0.3, 0.4) is 0 Å². The van der Waals surface area contributed by atoms with Gasteiger partial charge in [-0.25, -0.2) is 0 Å². The summed E-state index contributed by atoms with van der Waals surface area (Å²) in [6.45, 7) is 0. The first-order chi connectivity index (χ1) is 8.47. The van der Waals surface area contributed by atoms with Gasteiger partial charge in [0.25, 0.3) is 5.56 Å². The van der Waals surface area contributed by atoms with Crippen molar-refractivity contribution in [3.05, 3.63) is 46.4 Å². The number of hydrogen-bond donors (Lipinski definition) is 2. The molecular weight excluding hydrogens is 245 g/mol. The van der Waals surface area contributed by atoms with E-state index in [2.05, 4.69) is 9.97 Å². The molecule has 0 aliphatic rings. The van der Waals surface area contributed by atoms with Crippen LogP contribution in [0, 0.1) is 0 Å². The quantitative estimate of drug-likeness (QED) is 0.634. The van der Waals surface area contributed by atoms with Crippen LogP contribution < -0.4 is 5.56 Å². The van der Waals surface area contributed by atoms with E-state index in [9.17, 15) is 18.0 Å². The molecule has 92 valence electrons. The van der Waals surface area contributed by atoms with Crippen molar-refractivity contribution in [3.8, 4) is 0 Å². The molecule has 0 aliphatic carbocycles. The number of benzene rings is 1. The monoisotopic (exact) mass is 252 g/mol. The largest absolute Gasteiger partial charge is 0.416 e. The first-order valence-electron chi connectivity index (χ1n) is 5.17. The van der Waals surface area contributed by atoms with Crippen molar-refractivity contribution in [2.75, 3.05) is 0 Å². The molecule has 0 amide bonds. The zero-order valence-corrected chi connectivity index (χ0v) is 8.93. The number of alkyl halides is 3. The first-order valence-corrected chi connectivity index (χ1v) is 5.17. The minimum absolute atomic E-state index is 0.284. The number of pyridine rings is 1. The van der Waals surface area contributed by atoms with Gasteiger partial charge in [0.05, 0.1) is 5.56 Å². The molecule has 0 fully saturated rings. The number of hydrogen-bond acceptors (Lipinski definition) is 1. The Kier molecular flexibility index (Phi) is 2.04. The van der Waals surface area contributed by atoms with Crippen LogP contribution in [0.5, 0.6) is 0 Å². The molecule has 3 rings (SSSR count). The van der Waals surface area contributed by atoms with Gasteiger partial charge in [-0.05, 0) is 24.3 Å². The summed E-state index contributed by atoms with van der Waals surface area (Å²) in [6.07, 6.45) is -2.98. The predicted octanol–water partition coefficient (Wildman–Crippen LogP) is 3.03. The van der Waals surface area contributed by atoms with E-state index in [4.69, 9.17) is 0 Å². The molecule has 0 radical (unpaired) electrons. The zero-order chi connectivity index (χ0) is 12.9. The van der Waals surface area contributed by atoms with E-state index < -0.39 is 11.7 Å². The molecule has 0 aliphatic heterocycles. The van der Waals surface area contributed by atoms with Crippen molar-refractivity contribution < 1.29 is 13.2 Å². The molecule has 0 spiro atoms. The summed E-state index contributed by atoms with van der Waals surface area (Å²) < 4.78 is 37.9. The van der Waals surface area contributed by atoms with E-state index in [1.807, 2.05) is 0 Å². The Hall–Kier alpha value is -2.24. The van der Waals surface area contributed by atoms with E-state index in [0.29, 0.717) is 16.3 Å². The standard InChI is InChI=1S/C12H7F3N2O/c13-12(14,15)6-1-2-9-8(5-6)7-3-4-16-11(18)10(7)17-9/h1-5,17H,(H,16,18). The average Bonchev–Trinajstić information content (AvgIpc) is 2.67. The lowest BCUT2D eigenvalue weighted by atomic mass is 10.1. The highest BCUT2D eigenvalue weighted by molar-refractivity contribution is 6.06. The maximum Gasteiger partial charge on any atom is 0.416 e. The van der Waals surface area contributed by atoms with Crippen LogP contribution in [-0.2, 0) is 6.18 Å². The van der Waals surface area contributed by atoms with Gasteiger partial charge in [0.15, 0.2) is 0 Å². The van der Waals surface area contributed by atoms with Crippen LogP contribution in [0.15, 0.2) is 35.3 Å². The first kappa shape index (κ1) is 10.9. The highest BCUT2D eigenvalue weighted by atomic mass is 19.4. The summed E-state index contributed by atoms with van der Waals surface area (Å²) in [7, 11) is 0. The van der Waals surface area contributed by atoms with Gasteiger partial charge >= 0.3 is 6.18 Å². The molecule has 0 bridgehead atoms. The predicted molar refractivity (Wildman–Crippen MR) is 61.4 cm³/mol. The number of rotatable bonds is 0. The molecule has 18 heavy (non-hydrogen) atoms. The molecule has 2 heterocycles. The number of nitrogens with one attached hydrogen (secondary N) is 2. The lowest BCUT2D eigenvalue weighted by Gasteiger charge is -2.05. The fourth-order valence-electron chi connectivity index (χ4n) is 2.01. The molecular formula is C12H7F3N2O. The van der Waals surface area contributed by atoms with Crippen molar-refractivity contribution in [1.82, 2.24) is 9.97 Å². The minimum Gasteiger partial charge on any atom is -0.350 e. The van der Waals surface area contributed by atoms with E-state index in [0.717, 1.165) is 12.1 Å². The van der Waals surface area contributed by atoms with Gasteiger partial charge in [-0.15, -0.1) is 0 Å². The Bertz CT molecular complexity index is 798. The Balaban J connectivity index is 2.44. The summed E-state index contributed by atoms with van der Waals surface area (Å²) in [5.41, 5.74) is -0.282. The highest BCUT2D eigenvalue weighted by Crippen LogP contribution is 2.33. The van der Waals surface area contributed by atoms with E-state index in [1.165, 1.54) is 12.3 Å². The van der Waals surface area contributed by atoms with Gasteiger partial charge in [0.1, 0.15) is 5.52 Å². The normalized spacial score (nSPS) is 12.4. The highest BCUT2D eigenvalue weighted by Gasteiger charge is 2.30. The Labute approximate surface area is 98.2 Å². The molecule has 6 heteroatoms. The molecule has 2 N–H and O–H groups in total. The van der Waals surface area contributed by atoms with Crippen molar-refractivity contribution >= 4 is 21.8 Å². The Morgan fingerprint density at radius 3 is 2.56 bits per heavy atom. The van der Waals surface area contributed by atoms with Gasteiger partial charge in [-0.3, -0.25) is 4.79 Å². The van der Waals surface area contributed by atoms with Crippen LogP contribution in [0.1, 0.15) is 5.56 Å². The maximum atomic E-state index is 12.6. The van der Waals surface area contributed by atoms with Gasteiger partial charge in [0.2, 0.25) is 0 Å². The topological polar surface area (TPSA) is 48.6 Å². The van der Waals surface area contributed by atoms with Gasteiger partial charge in [-0.2, -0.15) is 13.2 Å². The van der Waals surface area contributed by atoms with Crippen LogP contribution >= 0.6 is 0 Å². The lowest BCUT2D eigenvalue weighted by Crippen LogP contribution is -2.04. The summed E-state index contributed by atoms with van der Waals surface area (Å²) in [6, 6.07) is 4.95. The van der Waals surface area contributed by atoms with Crippen molar-refractivity contribution in [1.29, 1.82) is 0 Å². The van der Waals surface area contributed by atoms with Gasteiger partial charge in [-0.1, -0.05) is 0 Å². The molecule has 3 nitrogen and oxygen atoms in total. The SMILES string of the molecule is O=c1[nH]ccc2c1[nH]c1ccc(C(F)(F)F)cc12. The molecule has 1 aromatic carbocycles. The third-order valence-corrected chi connectivity index (χ3v) is 2.86. The van der Waals surface area contributed by atoms with E-state index >= 15 is 0 Å². The number of H-pyrrole nitrogens is 2. The zero-order valence-electron chi connectivity index (χ0n) is 8.93. The second-order valence-corrected chi connectivity index (χ2v) is 3.98. The fourth-order valence-corrected chi connectivity index (χ4v) is 2.01. The van der Waals surface area contributed by atoms with Crippen LogP contribution in [-0.4, -0.2) is 9.97 Å². The molecule has 2 aromatic heterocycles. The fraction of sp³-hybridized carbons (Fsp3) is 0.0833. The van der Waals surface area contributed by atoms with Gasteiger partial charge < -0.3 is 9.97 Å². The van der Waals surface area contributed by atoms with Gasteiger partial charge in [0, 0.05) is 22.5 Å². The summed E-state index contributed by atoms with van der Waals surface area (Å²) >= 11 is 0. The molecule has 0 unspecified atom stereocenters. The number of halogens is 3. The van der Waals surface area contributed by atoms with Crippen molar-refractivity contribution in [2.24, 2.45) is 0 Å². The van der Waals surface area contributed by atoms with E-state index in [1.54, 1.807) is 6.07 Å². The van der Waals surface area contributed by atoms with Crippen LogP contribution in [0.25, 0.3) is 21.8 Å². The third kappa shape index (κ3) is 1.49. The Morgan fingerprint density at radius 1 is 1.06 bits per heavy atom. The van der Waals surface area contributed by atoms with Crippen LogP contribution in [0.4, 0.5) is 13.2 Å². The van der Waals surface area contributed by atoms with Crippen LogP contribution in [0.2, 0.25) is 0 Å². The van der Waals surface area contributed by atoms with Crippen molar-refractivity contribution in [3.63, 3.8) is 0 Å². The van der Waals surface area contributed by atoms with E-state index in [-0.39, 0.29) is 11.1 Å². The molecule has 0 saturated heterocycles. The number of fused-ring (bicyclic) bond motifs is 3. The molecule has 0 saturated carbocycles. The third-order valence-electron chi connectivity index (χ3n) is 2.86. The summed E-state index contributed by atoms with van der Waals surface area (Å²) in [5, 5.41) is 0.880. The molecule has 3 aromatic rings. The molecule has 0 atom stereocenters. The lowest BCUT2D eigenvalue weighted by molar-refractivity contribution is -0.137. The average molecular weight is 252 g/mol. The second-order valence-electron chi connectivity index (χ2n) is 3.98. The summed E-state index contributed by atoms with van der Waals surface area (Å²) in [5.74, 6) is 0. The number of aromatic nitrogens is 2. The smallest absolute Gasteiger partial charge is 0.350 e. The second kappa shape index (κ2) is 3.38. The maximum absolute atomic E-state index is 12.6. The number of aromatic amines is 2. The summed E-state index contributed by atoms with van der Waals surface area (Å²) in [4.78, 5) is 16.8. The Morgan fingerprint density at radius 2 is 1.83 bits per heavy atom. The van der Waals surface area contributed by atoms with Crippen molar-refractivity contribution in [2.45, 2.75) is 6.18 Å².